The zero-order chi connectivity index (χ0) is 17.4. The van der Waals surface area contributed by atoms with E-state index in [1.54, 1.807) is 19.1 Å². The van der Waals surface area contributed by atoms with Crippen LogP contribution in [0.3, 0.4) is 0 Å². The van der Waals surface area contributed by atoms with Crippen molar-refractivity contribution in [3.05, 3.63) is 56.2 Å². The third-order valence-electron chi connectivity index (χ3n) is 3.87. The molecule has 0 aliphatic carbocycles. The number of carbonyl (C=O) groups is 1. The van der Waals surface area contributed by atoms with Gasteiger partial charge >= 0.3 is 5.97 Å². The molecule has 24 heavy (non-hydrogen) atoms. The first-order chi connectivity index (χ1) is 11.4. The Morgan fingerprint density at radius 1 is 1.29 bits per heavy atom. The summed E-state index contributed by atoms with van der Waals surface area (Å²) in [5.74, 6) is -0.168. The van der Waals surface area contributed by atoms with Gasteiger partial charge in [0.05, 0.1) is 10.9 Å². The van der Waals surface area contributed by atoms with Gasteiger partial charge in [0.25, 0.3) is 5.56 Å². The van der Waals surface area contributed by atoms with Crippen molar-refractivity contribution < 1.29 is 9.53 Å². The second kappa shape index (κ2) is 6.16. The second-order valence-electron chi connectivity index (χ2n) is 5.65. The molecule has 0 aromatic carbocycles. The first kappa shape index (κ1) is 16.3. The average molecular weight is 343 g/mol. The van der Waals surface area contributed by atoms with Crippen molar-refractivity contribution in [3.63, 3.8) is 0 Å². The number of thiophene rings is 1. The van der Waals surface area contributed by atoms with Gasteiger partial charge in [-0.15, -0.1) is 11.3 Å². The summed E-state index contributed by atoms with van der Waals surface area (Å²) in [6.45, 7) is 7.37. The molecule has 7 heteroatoms. The predicted octanol–water partition coefficient (Wildman–Crippen LogP) is 3.22. The highest BCUT2D eigenvalue weighted by Gasteiger charge is 2.19. The Balaban J connectivity index is 1.88. The van der Waals surface area contributed by atoms with Gasteiger partial charge < -0.3 is 9.72 Å². The molecule has 1 atom stereocenters. The summed E-state index contributed by atoms with van der Waals surface area (Å²) in [6.07, 6.45) is 0.800. The van der Waals surface area contributed by atoms with Gasteiger partial charge in [-0.1, -0.05) is 0 Å². The van der Waals surface area contributed by atoms with Crippen LogP contribution in [0, 0.1) is 20.8 Å². The zero-order valence-electron chi connectivity index (χ0n) is 13.8. The molecular weight excluding hydrogens is 326 g/mol. The van der Waals surface area contributed by atoms with Crippen LogP contribution in [0.25, 0.3) is 10.2 Å². The van der Waals surface area contributed by atoms with E-state index < -0.39 is 12.1 Å². The third-order valence-corrected chi connectivity index (χ3v) is 4.97. The lowest BCUT2D eigenvalue weighted by atomic mass is 10.2. The lowest BCUT2D eigenvalue weighted by molar-refractivity contribution is 0.0319. The van der Waals surface area contributed by atoms with E-state index in [1.807, 2.05) is 20.8 Å². The maximum absolute atomic E-state index is 12.3. The topological polar surface area (TPSA) is 84.9 Å². The smallest absolute Gasteiger partial charge is 0.340 e. The van der Waals surface area contributed by atoms with Crippen molar-refractivity contribution in [2.75, 3.05) is 0 Å². The molecule has 0 bridgehead atoms. The largest absolute Gasteiger partial charge is 0.451 e. The Hall–Kier alpha value is -2.54. The molecule has 0 radical (unpaired) electrons. The fourth-order valence-electron chi connectivity index (χ4n) is 2.34. The number of fused-ring (bicyclic) bond motifs is 1. The standard InChI is InChI=1S/C17H17N3O3S/c1-8-5-6-12(7-18-8)17(22)23-10(3)14-19-15(21)13-9(2)11(4)24-16(13)20-14/h5-7,10H,1-4H3,(H,19,20,21). The molecule has 0 fully saturated rings. The van der Waals surface area contributed by atoms with E-state index in [0.717, 1.165) is 16.1 Å². The normalized spacial score (nSPS) is 12.3. The molecule has 0 saturated heterocycles. The quantitative estimate of drug-likeness (QED) is 0.738. The molecule has 124 valence electrons. The number of pyridine rings is 1. The fourth-order valence-corrected chi connectivity index (χ4v) is 3.37. The summed E-state index contributed by atoms with van der Waals surface area (Å²) in [7, 11) is 0. The molecule has 1 unspecified atom stereocenters. The second-order valence-corrected chi connectivity index (χ2v) is 6.85. The highest BCUT2D eigenvalue weighted by atomic mass is 32.1. The lowest BCUT2D eigenvalue weighted by Gasteiger charge is -2.12. The van der Waals surface area contributed by atoms with E-state index in [-0.39, 0.29) is 5.56 Å². The molecule has 6 nitrogen and oxygen atoms in total. The number of aromatic amines is 1. The molecule has 0 amide bonds. The maximum atomic E-state index is 12.3. The van der Waals surface area contributed by atoms with Crippen molar-refractivity contribution in [3.8, 4) is 0 Å². The van der Waals surface area contributed by atoms with Crippen LogP contribution in [0.1, 0.15) is 45.3 Å². The summed E-state index contributed by atoms with van der Waals surface area (Å²) in [6, 6.07) is 3.40. The number of ether oxygens (including phenoxy) is 1. The van der Waals surface area contributed by atoms with E-state index in [1.165, 1.54) is 17.5 Å². The SMILES string of the molecule is Cc1ccc(C(=O)OC(C)c2nc3sc(C)c(C)c3c(=O)[nH]2)cn1. The first-order valence-electron chi connectivity index (χ1n) is 7.50. The predicted molar refractivity (Wildman–Crippen MR) is 92.5 cm³/mol. The number of nitrogens with zero attached hydrogens (tertiary/aromatic N) is 2. The molecule has 3 aromatic heterocycles. The Morgan fingerprint density at radius 2 is 2.04 bits per heavy atom. The average Bonchev–Trinajstić information content (AvgIpc) is 2.82. The number of carbonyl (C=O) groups excluding carboxylic acids is 1. The number of aryl methyl sites for hydroxylation is 3. The highest BCUT2D eigenvalue weighted by Crippen LogP contribution is 2.27. The summed E-state index contributed by atoms with van der Waals surface area (Å²) < 4.78 is 5.40. The van der Waals surface area contributed by atoms with Crippen molar-refractivity contribution in [2.45, 2.75) is 33.8 Å². The Kier molecular flexibility index (Phi) is 4.19. The molecule has 0 aliphatic heterocycles. The van der Waals surface area contributed by atoms with Crippen LogP contribution < -0.4 is 5.56 Å². The number of hydrogen-bond acceptors (Lipinski definition) is 6. The van der Waals surface area contributed by atoms with Crippen LogP contribution in [0.4, 0.5) is 0 Å². The number of H-pyrrole nitrogens is 1. The van der Waals surface area contributed by atoms with Gasteiger partial charge in [0.15, 0.2) is 11.9 Å². The van der Waals surface area contributed by atoms with Gasteiger partial charge in [-0.2, -0.15) is 0 Å². The van der Waals surface area contributed by atoms with Crippen LogP contribution in [0.15, 0.2) is 23.1 Å². The fraction of sp³-hybridized carbons (Fsp3) is 0.294. The minimum absolute atomic E-state index is 0.211. The number of rotatable bonds is 3. The van der Waals surface area contributed by atoms with E-state index in [2.05, 4.69) is 15.0 Å². The van der Waals surface area contributed by atoms with Crippen LogP contribution in [0.2, 0.25) is 0 Å². The molecule has 1 N–H and O–H groups in total. The third kappa shape index (κ3) is 2.94. The molecule has 3 heterocycles. The minimum Gasteiger partial charge on any atom is -0.451 e. The van der Waals surface area contributed by atoms with Crippen molar-refractivity contribution in [1.29, 1.82) is 0 Å². The van der Waals surface area contributed by atoms with Crippen molar-refractivity contribution in [1.82, 2.24) is 15.0 Å². The summed E-state index contributed by atoms with van der Waals surface area (Å²) in [5, 5.41) is 0.600. The molecule has 3 rings (SSSR count). The lowest BCUT2D eigenvalue weighted by Crippen LogP contribution is -2.17. The van der Waals surface area contributed by atoms with Gasteiger partial charge in [-0.3, -0.25) is 9.78 Å². The maximum Gasteiger partial charge on any atom is 0.340 e. The van der Waals surface area contributed by atoms with Gasteiger partial charge in [0.2, 0.25) is 0 Å². The van der Waals surface area contributed by atoms with Gasteiger partial charge in [0, 0.05) is 16.8 Å². The van der Waals surface area contributed by atoms with E-state index in [9.17, 15) is 9.59 Å². The minimum atomic E-state index is -0.668. The van der Waals surface area contributed by atoms with E-state index >= 15 is 0 Å². The Bertz CT molecular complexity index is 973. The number of esters is 1. The van der Waals surface area contributed by atoms with E-state index in [4.69, 9.17) is 4.74 Å². The van der Waals surface area contributed by atoms with Crippen LogP contribution in [-0.4, -0.2) is 20.9 Å². The summed E-state index contributed by atoms with van der Waals surface area (Å²) in [5.41, 5.74) is 1.90. The Labute approximate surface area is 142 Å². The van der Waals surface area contributed by atoms with Crippen LogP contribution in [0.5, 0.6) is 0 Å². The van der Waals surface area contributed by atoms with Crippen molar-refractivity contribution >= 4 is 27.5 Å². The molecule has 0 saturated carbocycles. The van der Waals surface area contributed by atoms with E-state index in [0.29, 0.717) is 21.6 Å². The first-order valence-corrected chi connectivity index (χ1v) is 8.32. The van der Waals surface area contributed by atoms with Crippen molar-refractivity contribution in [2.24, 2.45) is 0 Å². The molecule has 0 spiro atoms. The molecular formula is C17H17N3O3S. The number of hydrogen-bond donors (Lipinski definition) is 1. The molecule has 3 aromatic rings. The summed E-state index contributed by atoms with van der Waals surface area (Å²) >= 11 is 1.46. The highest BCUT2D eigenvalue weighted by molar-refractivity contribution is 7.18. The van der Waals surface area contributed by atoms with Crippen LogP contribution >= 0.6 is 11.3 Å². The van der Waals surface area contributed by atoms with Gasteiger partial charge in [0.1, 0.15) is 4.83 Å². The number of nitrogens with one attached hydrogen (secondary N) is 1. The monoisotopic (exact) mass is 343 g/mol. The van der Waals surface area contributed by atoms with Gasteiger partial charge in [-0.25, -0.2) is 9.78 Å². The van der Waals surface area contributed by atoms with Crippen LogP contribution in [-0.2, 0) is 4.74 Å². The number of aromatic nitrogens is 3. The van der Waals surface area contributed by atoms with Gasteiger partial charge in [-0.05, 0) is 45.4 Å². The molecule has 0 aliphatic rings. The Morgan fingerprint density at radius 3 is 2.71 bits per heavy atom. The zero-order valence-corrected chi connectivity index (χ0v) is 14.7. The summed E-state index contributed by atoms with van der Waals surface area (Å²) in [4.78, 5) is 37.4.